The van der Waals surface area contributed by atoms with Crippen LogP contribution in [0.5, 0.6) is 0 Å². The van der Waals surface area contributed by atoms with Gasteiger partial charge in [-0.2, -0.15) is 10.2 Å². The monoisotopic (exact) mass is 445 g/mol. The van der Waals surface area contributed by atoms with Gasteiger partial charge >= 0.3 is 0 Å². The Bertz CT molecular complexity index is 1160. The minimum Gasteiger partial charge on any atom is -0.357 e. The number of nitrogens with one attached hydrogen (secondary N) is 2. The Labute approximate surface area is 193 Å². The molecular weight excluding hydrogens is 417 g/mol. The summed E-state index contributed by atoms with van der Waals surface area (Å²) in [4.78, 5) is 4.77. The van der Waals surface area contributed by atoms with E-state index in [1.165, 1.54) is 23.3 Å². The number of nitrogens with zero attached hydrogens (tertiary/aromatic N) is 5. The number of aliphatic imine (C=N–C) groups is 1. The fraction of sp³-hybridized carbons (Fsp3) is 0.240. The standard InChI is InChI=1S/C25H28FN7/c1-2-27-25(29-18-20-6-3-4-7-21(20)19-32-16-5-14-30-32)28-15-12-23-13-17-33(31-23)24-10-8-22(26)9-11-24/h3-11,13-14,16-17H,2,12,15,18-19H2,1H3,(H2,27,28,29). The fourth-order valence-corrected chi connectivity index (χ4v) is 3.48. The van der Waals surface area contributed by atoms with Crippen molar-refractivity contribution in [2.45, 2.75) is 26.4 Å². The summed E-state index contributed by atoms with van der Waals surface area (Å²) in [6.07, 6.45) is 6.38. The van der Waals surface area contributed by atoms with Crippen molar-refractivity contribution in [2.24, 2.45) is 4.99 Å². The van der Waals surface area contributed by atoms with E-state index in [-0.39, 0.29) is 5.82 Å². The van der Waals surface area contributed by atoms with Crippen LogP contribution in [0.2, 0.25) is 0 Å². The molecule has 0 spiro atoms. The van der Waals surface area contributed by atoms with Crippen LogP contribution in [0.15, 0.2) is 84.2 Å². The molecule has 7 nitrogen and oxygen atoms in total. The Morgan fingerprint density at radius 3 is 2.55 bits per heavy atom. The lowest BCUT2D eigenvalue weighted by atomic mass is 10.1. The van der Waals surface area contributed by atoms with E-state index in [9.17, 15) is 4.39 Å². The third-order valence-electron chi connectivity index (χ3n) is 5.17. The molecule has 2 aromatic heterocycles. The molecule has 0 amide bonds. The maximum absolute atomic E-state index is 13.1. The van der Waals surface area contributed by atoms with Gasteiger partial charge in [0.05, 0.1) is 24.5 Å². The summed E-state index contributed by atoms with van der Waals surface area (Å²) in [7, 11) is 0. The van der Waals surface area contributed by atoms with Gasteiger partial charge in [0, 0.05) is 38.1 Å². The van der Waals surface area contributed by atoms with E-state index in [2.05, 4.69) is 33.0 Å². The Kier molecular flexibility index (Phi) is 7.48. The van der Waals surface area contributed by atoms with Crippen molar-refractivity contribution in [1.82, 2.24) is 30.2 Å². The summed E-state index contributed by atoms with van der Waals surface area (Å²) >= 11 is 0. The molecule has 0 fully saturated rings. The molecule has 0 radical (unpaired) electrons. The van der Waals surface area contributed by atoms with Gasteiger partial charge in [0.15, 0.2) is 5.96 Å². The maximum Gasteiger partial charge on any atom is 0.191 e. The van der Waals surface area contributed by atoms with Crippen molar-refractivity contribution in [2.75, 3.05) is 13.1 Å². The molecule has 4 aromatic rings. The third kappa shape index (κ3) is 6.29. The molecule has 8 heteroatoms. The quantitative estimate of drug-likeness (QED) is 0.305. The van der Waals surface area contributed by atoms with Gasteiger partial charge in [-0.15, -0.1) is 0 Å². The molecule has 4 rings (SSSR count). The highest BCUT2D eigenvalue weighted by molar-refractivity contribution is 5.79. The smallest absolute Gasteiger partial charge is 0.191 e. The van der Waals surface area contributed by atoms with Crippen molar-refractivity contribution < 1.29 is 4.39 Å². The van der Waals surface area contributed by atoms with Crippen LogP contribution in [0, 0.1) is 5.82 Å². The lowest BCUT2D eigenvalue weighted by molar-refractivity contribution is 0.627. The van der Waals surface area contributed by atoms with E-state index in [1.807, 2.05) is 48.3 Å². The number of halogens is 1. The SMILES string of the molecule is CCNC(=NCc1ccccc1Cn1cccn1)NCCc1ccn(-c2ccc(F)cc2)n1. The summed E-state index contributed by atoms with van der Waals surface area (Å²) in [6, 6.07) is 18.5. The highest BCUT2D eigenvalue weighted by Crippen LogP contribution is 2.12. The Morgan fingerprint density at radius 2 is 1.79 bits per heavy atom. The van der Waals surface area contributed by atoms with Gasteiger partial charge in [-0.1, -0.05) is 24.3 Å². The zero-order valence-electron chi connectivity index (χ0n) is 18.7. The Morgan fingerprint density at radius 1 is 0.970 bits per heavy atom. The van der Waals surface area contributed by atoms with Crippen molar-refractivity contribution in [1.29, 1.82) is 0 Å². The molecular formula is C25H28FN7. The van der Waals surface area contributed by atoms with Crippen molar-refractivity contribution >= 4 is 5.96 Å². The van der Waals surface area contributed by atoms with Gasteiger partial charge < -0.3 is 10.6 Å². The van der Waals surface area contributed by atoms with Crippen molar-refractivity contribution in [3.05, 3.63) is 102 Å². The summed E-state index contributed by atoms with van der Waals surface area (Å²) in [6.45, 7) is 4.82. The molecule has 2 N–H and O–H groups in total. The van der Waals surface area contributed by atoms with Crippen LogP contribution in [0.4, 0.5) is 4.39 Å². The van der Waals surface area contributed by atoms with E-state index in [1.54, 1.807) is 23.0 Å². The van der Waals surface area contributed by atoms with Crippen LogP contribution in [-0.4, -0.2) is 38.6 Å². The first-order valence-electron chi connectivity index (χ1n) is 11.1. The second kappa shape index (κ2) is 11.1. The molecule has 0 aliphatic carbocycles. The molecule has 33 heavy (non-hydrogen) atoms. The summed E-state index contributed by atoms with van der Waals surface area (Å²) in [5.74, 6) is 0.513. The van der Waals surface area contributed by atoms with Crippen LogP contribution in [-0.2, 0) is 19.5 Å². The predicted molar refractivity (Wildman–Crippen MR) is 128 cm³/mol. The van der Waals surface area contributed by atoms with E-state index >= 15 is 0 Å². The largest absolute Gasteiger partial charge is 0.357 e. The average Bonchev–Trinajstić information content (AvgIpc) is 3.51. The molecule has 170 valence electrons. The molecule has 0 saturated heterocycles. The summed E-state index contributed by atoms with van der Waals surface area (Å²) < 4.78 is 16.8. The molecule has 0 aliphatic heterocycles. The first-order valence-corrected chi connectivity index (χ1v) is 11.1. The predicted octanol–water partition coefficient (Wildman–Crippen LogP) is 3.55. The molecule has 2 heterocycles. The minimum absolute atomic E-state index is 0.255. The minimum atomic E-state index is -0.255. The molecule has 0 saturated carbocycles. The Hall–Kier alpha value is -3.94. The zero-order valence-corrected chi connectivity index (χ0v) is 18.7. The first-order chi connectivity index (χ1) is 16.2. The summed E-state index contributed by atoms with van der Waals surface area (Å²) in [5, 5.41) is 15.6. The third-order valence-corrected chi connectivity index (χ3v) is 5.17. The van der Waals surface area contributed by atoms with Crippen molar-refractivity contribution in [3.63, 3.8) is 0 Å². The van der Waals surface area contributed by atoms with Gasteiger partial charge in [-0.3, -0.25) is 4.68 Å². The van der Waals surface area contributed by atoms with E-state index in [0.717, 1.165) is 36.9 Å². The summed E-state index contributed by atoms with van der Waals surface area (Å²) in [5.41, 5.74) is 4.15. The second-order valence-electron chi connectivity index (χ2n) is 7.57. The van der Waals surface area contributed by atoms with Crippen LogP contribution in [0.25, 0.3) is 5.69 Å². The van der Waals surface area contributed by atoms with Crippen molar-refractivity contribution in [3.8, 4) is 5.69 Å². The van der Waals surface area contributed by atoms with E-state index < -0.39 is 0 Å². The lowest BCUT2D eigenvalue weighted by Gasteiger charge is -2.12. The van der Waals surface area contributed by atoms with Gasteiger partial charge in [0.2, 0.25) is 0 Å². The molecule has 0 unspecified atom stereocenters. The van der Waals surface area contributed by atoms with Crippen LogP contribution in [0.3, 0.4) is 0 Å². The average molecular weight is 446 g/mol. The van der Waals surface area contributed by atoms with Crippen LogP contribution in [0.1, 0.15) is 23.7 Å². The first kappa shape index (κ1) is 22.3. The normalized spacial score (nSPS) is 11.5. The number of hydrogen-bond acceptors (Lipinski definition) is 3. The fourth-order valence-electron chi connectivity index (χ4n) is 3.48. The number of hydrogen-bond donors (Lipinski definition) is 2. The highest BCUT2D eigenvalue weighted by Gasteiger charge is 2.05. The molecule has 2 aromatic carbocycles. The van der Waals surface area contributed by atoms with Gasteiger partial charge in [-0.05, 0) is 54.4 Å². The van der Waals surface area contributed by atoms with E-state index in [0.29, 0.717) is 13.1 Å². The number of aromatic nitrogens is 4. The molecule has 0 atom stereocenters. The molecule has 0 aliphatic rings. The van der Waals surface area contributed by atoms with Gasteiger partial charge in [0.1, 0.15) is 5.82 Å². The maximum atomic E-state index is 13.1. The number of rotatable bonds is 9. The van der Waals surface area contributed by atoms with Crippen LogP contribution < -0.4 is 10.6 Å². The van der Waals surface area contributed by atoms with E-state index in [4.69, 9.17) is 4.99 Å². The molecule has 0 bridgehead atoms. The zero-order chi connectivity index (χ0) is 22.9. The Balaban J connectivity index is 1.34. The van der Waals surface area contributed by atoms with Gasteiger partial charge in [-0.25, -0.2) is 14.1 Å². The number of guanidine groups is 1. The highest BCUT2D eigenvalue weighted by atomic mass is 19.1. The van der Waals surface area contributed by atoms with Gasteiger partial charge in [0.25, 0.3) is 0 Å². The second-order valence-corrected chi connectivity index (χ2v) is 7.57. The van der Waals surface area contributed by atoms with Crippen LogP contribution >= 0.6 is 0 Å². The lowest BCUT2D eigenvalue weighted by Crippen LogP contribution is -2.38. The number of benzene rings is 2. The topological polar surface area (TPSA) is 72.1 Å².